The molecule has 0 aromatic heterocycles. The lowest BCUT2D eigenvalue weighted by atomic mass is 9.38. The number of hydrogen-bond donors (Lipinski definition) is 1. The van der Waals surface area contributed by atoms with Gasteiger partial charge in [0.1, 0.15) is 0 Å². The fourth-order valence-corrected chi connectivity index (χ4v) is 7.31. The molecule has 5 heteroatoms. The van der Waals surface area contributed by atoms with Crippen LogP contribution in [0.3, 0.4) is 0 Å². The Kier molecular flexibility index (Phi) is 5.17. The van der Waals surface area contributed by atoms with E-state index in [4.69, 9.17) is 11.6 Å². The summed E-state index contributed by atoms with van der Waals surface area (Å²) >= 11 is 6.81. The van der Waals surface area contributed by atoms with Gasteiger partial charge in [0.15, 0.2) is 0 Å². The SMILES string of the molecule is CC(C)(C)CCc1ccc([C@@]23CCC(C)(C)CC2=CN(C24CC(C(=O)O)(C2)C4)C(=O)C3)cc1Cl. The zero-order valence-electron chi connectivity index (χ0n) is 21.3. The van der Waals surface area contributed by atoms with E-state index in [2.05, 4.69) is 59.0 Å². The largest absolute Gasteiger partial charge is 0.481 e. The summed E-state index contributed by atoms with van der Waals surface area (Å²) in [6, 6.07) is 6.50. The van der Waals surface area contributed by atoms with Gasteiger partial charge in [0.2, 0.25) is 5.91 Å². The molecule has 34 heavy (non-hydrogen) atoms. The first kappa shape index (κ1) is 23.9. The maximum atomic E-state index is 13.6. The summed E-state index contributed by atoms with van der Waals surface area (Å²) in [5.74, 6) is -0.573. The lowest BCUT2D eigenvalue weighted by Gasteiger charge is -2.71. The van der Waals surface area contributed by atoms with E-state index in [1.165, 1.54) is 11.1 Å². The van der Waals surface area contributed by atoms with Crippen LogP contribution in [0.15, 0.2) is 30.0 Å². The normalized spacial score (nSPS) is 34.0. The Morgan fingerprint density at radius 3 is 2.38 bits per heavy atom. The van der Waals surface area contributed by atoms with E-state index in [1.807, 2.05) is 4.90 Å². The van der Waals surface area contributed by atoms with Crippen LogP contribution in [0.2, 0.25) is 5.02 Å². The highest BCUT2D eigenvalue weighted by atomic mass is 35.5. The number of carboxylic acid groups (broad SMARTS) is 1. The van der Waals surface area contributed by atoms with E-state index < -0.39 is 11.4 Å². The van der Waals surface area contributed by atoms with Crippen molar-refractivity contribution in [1.82, 2.24) is 4.90 Å². The molecule has 0 radical (unpaired) electrons. The Bertz CT molecular complexity index is 1080. The molecule has 4 saturated carbocycles. The number of amides is 1. The molecular weight excluding hydrogens is 446 g/mol. The Morgan fingerprint density at radius 1 is 1.12 bits per heavy atom. The van der Waals surface area contributed by atoms with E-state index in [1.54, 1.807) is 0 Å². The number of rotatable bonds is 5. The zero-order chi connectivity index (χ0) is 24.7. The van der Waals surface area contributed by atoms with Gasteiger partial charge in [0.25, 0.3) is 0 Å². The van der Waals surface area contributed by atoms with Crippen molar-refractivity contribution in [1.29, 1.82) is 0 Å². The third-order valence-corrected chi connectivity index (χ3v) is 9.59. The van der Waals surface area contributed by atoms with Crippen molar-refractivity contribution in [2.24, 2.45) is 16.2 Å². The number of aryl methyl sites for hydroxylation is 1. The van der Waals surface area contributed by atoms with Gasteiger partial charge >= 0.3 is 5.97 Å². The minimum atomic E-state index is -0.708. The van der Waals surface area contributed by atoms with Crippen molar-refractivity contribution < 1.29 is 14.7 Å². The van der Waals surface area contributed by atoms with Crippen molar-refractivity contribution in [3.8, 4) is 0 Å². The summed E-state index contributed by atoms with van der Waals surface area (Å²) in [6.07, 6.45) is 9.33. The average molecular weight is 484 g/mol. The maximum absolute atomic E-state index is 13.6. The van der Waals surface area contributed by atoms with Gasteiger partial charge in [-0.05, 0) is 85.0 Å². The molecule has 0 saturated heterocycles. The number of allylic oxidation sites excluding steroid dienone is 1. The van der Waals surface area contributed by atoms with Crippen molar-refractivity contribution in [2.45, 2.75) is 103 Å². The molecule has 184 valence electrons. The van der Waals surface area contributed by atoms with Crippen LogP contribution in [0.5, 0.6) is 0 Å². The molecule has 6 rings (SSSR count). The van der Waals surface area contributed by atoms with Crippen LogP contribution in [0.25, 0.3) is 0 Å². The van der Waals surface area contributed by atoms with Crippen LogP contribution in [0, 0.1) is 16.2 Å². The molecule has 1 amide bonds. The fraction of sp³-hybridized carbons (Fsp3) is 0.655. The second-order valence-corrected chi connectivity index (χ2v) is 14.1. The number of halogens is 1. The molecule has 4 nitrogen and oxygen atoms in total. The van der Waals surface area contributed by atoms with Crippen LogP contribution < -0.4 is 0 Å². The van der Waals surface area contributed by atoms with Crippen molar-refractivity contribution in [2.75, 3.05) is 0 Å². The van der Waals surface area contributed by atoms with Crippen molar-refractivity contribution >= 4 is 23.5 Å². The Labute approximate surface area is 208 Å². The monoisotopic (exact) mass is 483 g/mol. The molecular formula is C29H38ClNO3. The van der Waals surface area contributed by atoms with E-state index in [-0.39, 0.29) is 27.7 Å². The van der Waals surface area contributed by atoms with Gasteiger partial charge in [-0.2, -0.15) is 0 Å². The smallest absolute Gasteiger partial charge is 0.309 e. The zero-order valence-corrected chi connectivity index (χ0v) is 22.0. The van der Waals surface area contributed by atoms with Gasteiger partial charge in [0, 0.05) is 23.1 Å². The van der Waals surface area contributed by atoms with E-state index in [0.29, 0.717) is 25.7 Å². The molecule has 4 aliphatic carbocycles. The average Bonchev–Trinajstić information content (AvgIpc) is 2.64. The van der Waals surface area contributed by atoms with Crippen molar-refractivity contribution in [3.05, 3.63) is 46.1 Å². The highest BCUT2D eigenvalue weighted by molar-refractivity contribution is 6.31. The summed E-state index contributed by atoms with van der Waals surface area (Å²) < 4.78 is 0. The lowest BCUT2D eigenvalue weighted by Crippen LogP contribution is -2.77. The summed E-state index contributed by atoms with van der Waals surface area (Å²) in [5.41, 5.74) is 2.92. The van der Waals surface area contributed by atoms with Gasteiger partial charge in [-0.3, -0.25) is 9.59 Å². The van der Waals surface area contributed by atoms with Crippen LogP contribution >= 0.6 is 11.6 Å². The van der Waals surface area contributed by atoms with Gasteiger partial charge in [-0.15, -0.1) is 0 Å². The summed E-state index contributed by atoms with van der Waals surface area (Å²) in [5, 5.41) is 10.4. The summed E-state index contributed by atoms with van der Waals surface area (Å²) in [7, 11) is 0. The quantitative estimate of drug-likeness (QED) is 0.496. The lowest BCUT2D eigenvalue weighted by molar-refractivity contribution is -0.224. The number of aliphatic carboxylic acids is 1. The second-order valence-electron chi connectivity index (χ2n) is 13.7. The van der Waals surface area contributed by atoms with Crippen molar-refractivity contribution in [3.63, 3.8) is 0 Å². The molecule has 2 bridgehead atoms. The molecule has 0 unspecified atom stereocenters. The molecule has 1 aliphatic heterocycles. The third kappa shape index (κ3) is 3.63. The number of hydrogen-bond acceptors (Lipinski definition) is 2. The fourth-order valence-electron chi connectivity index (χ4n) is 7.04. The predicted molar refractivity (Wildman–Crippen MR) is 135 cm³/mol. The number of benzene rings is 1. The Hall–Kier alpha value is -1.81. The Morgan fingerprint density at radius 2 is 1.79 bits per heavy atom. The maximum Gasteiger partial charge on any atom is 0.309 e. The first-order valence-corrected chi connectivity index (χ1v) is 13.1. The van der Waals surface area contributed by atoms with Crippen LogP contribution in [-0.4, -0.2) is 27.4 Å². The molecule has 4 fully saturated rings. The first-order chi connectivity index (χ1) is 15.7. The summed E-state index contributed by atoms with van der Waals surface area (Å²) in [6.45, 7) is 11.4. The van der Waals surface area contributed by atoms with Crippen LogP contribution in [0.1, 0.15) is 97.1 Å². The second kappa shape index (κ2) is 7.35. The van der Waals surface area contributed by atoms with Crippen LogP contribution in [0.4, 0.5) is 0 Å². The van der Waals surface area contributed by atoms with E-state index >= 15 is 0 Å². The topological polar surface area (TPSA) is 57.6 Å². The molecule has 1 atom stereocenters. The highest BCUT2D eigenvalue weighted by Gasteiger charge is 2.75. The molecule has 0 spiro atoms. The molecule has 5 aliphatic rings. The minimum absolute atomic E-state index is 0.134. The van der Waals surface area contributed by atoms with E-state index in [9.17, 15) is 14.7 Å². The highest BCUT2D eigenvalue weighted by Crippen LogP contribution is 2.71. The molecule has 1 aromatic carbocycles. The number of nitrogens with zero attached hydrogens (tertiary/aromatic N) is 1. The van der Waals surface area contributed by atoms with Gasteiger partial charge in [0.05, 0.1) is 11.0 Å². The number of carbonyl (C=O) groups is 2. The van der Waals surface area contributed by atoms with Crippen LogP contribution in [-0.2, 0) is 21.4 Å². The number of fused-ring (bicyclic) bond motifs is 1. The minimum Gasteiger partial charge on any atom is -0.481 e. The van der Waals surface area contributed by atoms with E-state index in [0.717, 1.165) is 42.7 Å². The van der Waals surface area contributed by atoms with Gasteiger partial charge in [-0.1, -0.05) is 58.4 Å². The molecule has 1 heterocycles. The first-order valence-electron chi connectivity index (χ1n) is 12.8. The standard InChI is InChI=1S/C29H38ClNO3/c1-25(2,3)9-8-19-6-7-20(12-22(19)30)29-11-10-26(4,5)13-21(29)15-31(23(32)14-29)28-16-27(17-28,18-28)24(33)34/h6-7,12,15H,8-11,13-14,16-18H2,1-5H3,(H,33,34)/t27?,28?,29-/m0/s1. The molecule has 1 N–H and O–H groups in total. The Balaban J connectivity index is 1.47. The molecule has 1 aromatic rings. The number of carbonyl (C=O) groups excluding carboxylic acids is 1. The van der Waals surface area contributed by atoms with Gasteiger partial charge in [-0.25, -0.2) is 0 Å². The summed E-state index contributed by atoms with van der Waals surface area (Å²) in [4.78, 5) is 27.2. The predicted octanol–water partition coefficient (Wildman–Crippen LogP) is 6.89. The third-order valence-electron chi connectivity index (χ3n) is 9.24. The van der Waals surface area contributed by atoms with Gasteiger partial charge < -0.3 is 10.0 Å². The number of carboxylic acids is 1.